The van der Waals surface area contributed by atoms with Gasteiger partial charge >= 0.3 is 0 Å². The molecule has 30 heavy (non-hydrogen) atoms. The zero-order valence-corrected chi connectivity index (χ0v) is 17.0. The average molecular weight is 415 g/mol. The number of aromatic nitrogens is 2. The molecule has 0 spiro atoms. The summed E-state index contributed by atoms with van der Waals surface area (Å²) in [5.41, 5.74) is 4.06. The van der Waals surface area contributed by atoms with Crippen LogP contribution in [0.2, 0.25) is 5.02 Å². The van der Waals surface area contributed by atoms with E-state index in [4.69, 9.17) is 16.7 Å². The smallest absolute Gasteiger partial charge is 0.251 e. The summed E-state index contributed by atoms with van der Waals surface area (Å²) in [6, 6.07) is 24.5. The van der Waals surface area contributed by atoms with E-state index in [1.54, 1.807) is 16.8 Å². The van der Waals surface area contributed by atoms with E-state index < -0.39 is 0 Å². The zero-order valence-electron chi connectivity index (χ0n) is 16.3. The first-order valence-corrected chi connectivity index (χ1v) is 9.76. The Kier molecular flexibility index (Phi) is 5.72. The molecule has 0 aliphatic rings. The molecule has 0 radical (unpaired) electrons. The molecule has 5 nitrogen and oxygen atoms in total. The van der Waals surface area contributed by atoms with Crippen molar-refractivity contribution in [1.82, 2.24) is 9.66 Å². The fourth-order valence-electron chi connectivity index (χ4n) is 2.93. The predicted octanol–water partition coefficient (Wildman–Crippen LogP) is 5.93. The lowest BCUT2D eigenvalue weighted by Gasteiger charge is -2.02. The number of phenolic OH excluding ortho intramolecular Hbond substituents is 1. The van der Waals surface area contributed by atoms with Gasteiger partial charge in [0, 0.05) is 22.4 Å². The Bertz CT molecular complexity index is 1210. The van der Waals surface area contributed by atoms with Crippen molar-refractivity contribution in [2.24, 2.45) is 10.1 Å². The molecule has 0 aliphatic carbocycles. The summed E-state index contributed by atoms with van der Waals surface area (Å²) < 4.78 is 1.64. The van der Waals surface area contributed by atoms with Crippen LogP contribution in [0, 0.1) is 0 Å². The second kappa shape index (κ2) is 8.76. The van der Waals surface area contributed by atoms with Gasteiger partial charge in [-0.25, -0.2) is 14.7 Å². The van der Waals surface area contributed by atoms with Gasteiger partial charge in [0.1, 0.15) is 5.75 Å². The normalized spacial score (nSPS) is 11.9. The van der Waals surface area contributed by atoms with E-state index in [0.717, 1.165) is 22.5 Å². The highest BCUT2D eigenvalue weighted by atomic mass is 35.5. The molecule has 0 atom stereocenters. The molecule has 1 heterocycles. The van der Waals surface area contributed by atoms with Crippen LogP contribution < -0.4 is 0 Å². The van der Waals surface area contributed by atoms with E-state index in [-0.39, 0.29) is 5.75 Å². The second-order valence-electron chi connectivity index (χ2n) is 6.65. The predicted molar refractivity (Wildman–Crippen MR) is 122 cm³/mol. The molecule has 0 bridgehead atoms. The van der Waals surface area contributed by atoms with Crippen LogP contribution in [0.4, 0.5) is 5.95 Å². The molecule has 0 amide bonds. The Morgan fingerprint density at radius 3 is 2.43 bits per heavy atom. The molecular formula is C24H19ClN4O. The fourth-order valence-corrected chi connectivity index (χ4v) is 3.11. The van der Waals surface area contributed by atoms with Gasteiger partial charge in [-0.15, -0.1) is 0 Å². The van der Waals surface area contributed by atoms with Crippen molar-refractivity contribution in [3.8, 4) is 17.0 Å². The van der Waals surface area contributed by atoms with Crippen molar-refractivity contribution in [1.29, 1.82) is 0 Å². The number of halogens is 1. The van der Waals surface area contributed by atoms with Gasteiger partial charge in [-0.2, -0.15) is 5.10 Å². The molecule has 4 rings (SSSR count). The molecule has 148 valence electrons. The van der Waals surface area contributed by atoms with Crippen molar-refractivity contribution in [3.63, 3.8) is 0 Å². The molecule has 1 N–H and O–H groups in total. The maximum absolute atomic E-state index is 10.1. The lowest BCUT2D eigenvalue weighted by molar-refractivity contribution is 0.474. The first-order valence-electron chi connectivity index (χ1n) is 9.38. The summed E-state index contributed by atoms with van der Waals surface area (Å²) in [7, 11) is 0. The number of imidazole rings is 1. The van der Waals surface area contributed by atoms with Crippen molar-refractivity contribution in [2.45, 2.75) is 6.92 Å². The van der Waals surface area contributed by atoms with Crippen molar-refractivity contribution in [2.75, 3.05) is 0 Å². The van der Waals surface area contributed by atoms with E-state index in [1.807, 2.05) is 73.8 Å². The largest absolute Gasteiger partial charge is 0.507 e. The number of aromatic hydroxyl groups is 1. The highest BCUT2D eigenvalue weighted by Crippen LogP contribution is 2.24. The number of nitrogens with zero attached hydrogens (tertiary/aromatic N) is 4. The third kappa shape index (κ3) is 4.47. The Balaban J connectivity index is 1.77. The van der Waals surface area contributed by atoms with Crippen molar-refractivity contribution < 1.29 is 5.11 Å². The molecule has 0 fully saturated rings. The Morgan fingerprint density at radius 2 is 1.70 bits per heavy atom. The number of hydrogen-bond acceptors (Lipinski definition) is 4. The SMILES string of the molecule is C/C(=N\n1cc(-c2ccccc2)nc1/N=C/c1cc(Cl)ccc1O)c1ccccc1. The van der Waals surface area contributed by atoms with E-state index in [2.05, 4.69) is 9.98 Å². The summed E-state index contributed by atoms with van der Waals surface area (Å²) in [4.78, 5) is 9.11. The van der Waals surface area contributed by atoms with Crippen molar-refractivity contribution >= 4 is 29.5 Å². The molecule has 3 aromatic carbocycles. The summed E-state index contributed by atoms with van der Waals surface area (Å²) in [6.07, 6.45) is 3.37. The maximum atomic E-state index is 10.1. The first-order chi connectivity index (χ1) is 14.6. The van der Waals surface area contributed by atoms with Gasteiger partial charge in [-0.05, 0) is 30.7 Å². The lowest BCUT2D eigenvalue weighted by atomic mass is 10.1. The average Bonchev–Trinajstić information content (AvgIpc) is 3.18. The molecule has 6 heteroatoms. The van der Waals surface area contributed by atoms with E-state index >= 15 is 0 Å². The Hall–Kier alpha value is -3.70. The minimum absolute atomic E-state index is 0.0912. The summed E-state index contributed by atoms with van der Waals surface area (Å²) >= 11 is 6.04. The molecular weight excluding hydrogens is 396 g/mol. The van der Waals surface area contributed by atoms with E-state index in [1.165, 1.54) is 12.3 Å². The fraction of sp³-hybridized carbons (Fsp3) is 0.0417. The third-order valence-electron chi connectivity index (χ3n) is 4.50. The monoisotopic (exact) mass is 414 g/mol. The van der Waals surface area contributed by atoms with Gasteiger partial charge < -0.3 is 5.11 Å². The quantitative estimate of drug-likeness (QED) is 0.411. The highest BCUT2D eigenvalue weighted by Gasteiger charge is 2.10. The molecule has 0 saturated carbocycles. The minimum atomic E-state index is 0.0912. The van der Waals surface area contributed by atoms with Crippen LogP contribution in [-0.2, 0) is 0 Å². The molecule has 4 aromatic rings. The highest BCUT2D eigenvalue weighted by molar-refractivity contribution is 6.30. The summed E-state index contributed by atoms with van der Waals surface area (Å²) in [5.74, 6) is 0.483. The Labute approximate surface area is 179 Å². The first kappa shape index (κ1) is 19.6. The van der Waals surface area contributed by atoms with Crippen LogP contribution in [0.15, 0.2) is 95.2 Å². The van der Waals surface area contributed by atoms with Gasteiger partial charge in [0.2, 0.25) is 0 Å². The van der Waals surface area contributed by atoms with E-state index in [9.17, 15) is 5.11 Å². The number of aliphatic imine (C=N–C) groups is 1. The molecule has 0 aliphatic heterocycles. The topological polar surface area (TPSA) is 62.8 Å². The standard InChI is InChI=1S/C24H19ClN4O/c1-17(18-8-4-2-5-9-18)28-29-16-22(19-10-6-3-7-11-19)27-24(29)26-15-20-14-21(25)12-13-23(20)30/h2-16,30H,1H3/b26-15+,28-17+. The lowest BCUT2D eigenvalue weighted by Crippen LogP contribution is -1.98. The number of hydrogen-bond donors (Lipinski definition) is 1. The second-order valence-corrected chi connectivity index (χ2v) is 7.09. The van der Waals surface area contributed by atoms with E-state index in [0.29, 0.717) is 16.5 Å². The van der Waals surface area contributed by atoms with Gasteiger partial charge in [0.05, 0.1) is 17.6 Å². The van der Waals surface area contributed by atoms with Gasteiger partial charge in [-0.1, -0.05) is 72.3 Å². The molecule has 0 unspecified atom stereocenters. The van der Waals surface area contributed by atoms with Gasteiger partial charge in [0.15, 0.2) is 0 Å². The number of phenols is 1. The van der Waals surface area contributed by atoms with Crippen molar-refractivity contribution in [3.05, 3.63) is 101 Å². The van der Waals surface area contributed by atoms with Crippen LogP contribution in [0.5, 0.6) is 5.75 Å². The van der Waals surface area contributed by atoms with Crippen LogP contribution in [0.1, 0.15) is 18.1 Å². The summed E-state index contributed by atoms with van der Waals surface area (Å²) in [6.45, 7) is 1.94. The zero-order chi connectivity index (χ0) is 20.9. The van der Waals surface area contributed by atoms with Gasteiger partial charge in [-0.3, -0.25) is 0 Å². The van der Waals surface area contributed by atoms with Crippen LogP contribution in [-0.4, -0.2) is 26.7 Å². The maximum Gasteiger partial charge on any atom is 0.251 e. The minimum Gasteiger partial charge on any atom is -0.507 e. The van der Waals surface area contributed by atoms with Crippen LogP contribution >= 0.6 is 11.6 Å². The van der Waals surface area contributed by atoms with Crippen LogP contribution in [0.25, 0.3) is 11.3 Å². The number of rotatable bonds is 5. The Morgan fingerprint density at radius 1 is 1.00 bits per heavy atom. The van der Waals surface area contributed by atoms with Gasteiger partial charge in [0.25, 0.3) is 5.95 Å². The summed E-state index contributed by atoms with van der Waals surface area (Å²) in [5, 5.41) is 15.3. The third-order valence-corrected chi connectivity index (χ3v) is 4.73. The molecule has 0 saturated heterocycles. The molecule has 1 aromatic heterocycles. The van der Waals surface area contributed by atoms with Crippen LogP contribution in [0.3, 0.4) is 0 Å². The number of benzene rings is 3.